The third-order valence-electron chi connectivity index (χ3n) is 2.19. The summed E-state index contributed by atoms with van der Waals surface area (Å²) in [6, 6.07) is 11.5. The predicted molar refractivity (Wildman–Crippen MR) is 85.4 cm³/mol. The lowest BCUT2D eigenvalue weighted by atomic mass is 10.3. The number of para-hydroxylation sites is 1. The van der Waals surface area contributed by atoms with Gasteiger partial charge in [-0.15, -0.1) is 0 Å². The van der Waals surface area contributed by atoms with Crippen molar-refractivity contribution >= 4 is 0 Å². The van der Waals surface area contributed by atoms with Gasteiger partial charge in [0.2, 0.25) is 0 Å². The molecule has 0 saturated carbocycles. The highest BCUT2D eigenvalue weighted by Gasteiger charge is 1.96. The van der Waals surface area contributed by atoms with Gasteiger partial charge < -0.3 is 14.0 Å². The molecule has 0 amide bonds. The molecule has 1 aromatic carbocycles. The molecular formula is C17H27NO3. The Kier molecular flexibility index (Phi) is 13.3. The van der Waals surface area contributed by atoms with Crippen LogP contribution in [0, 0.1) is 0 Å². The highest BCUT2D eigenvalue weighted by molar-refractivity contribution is 5.20. The largest absolute Gasteiger partial charge is 0.494 e. The van der Waals surface area contributed by atoms with Crippen molar-refractivity contribution < 1.29 is 14.0 Å². The number of rotatable bonds is 7. The van der Waals surface area contributed by atoms with E-state index in [9.17, 15) is 0 Å². The smallest absolute Gasteiger partial charge is 0.124 e. The van der Waals surface area contributed by atoms with Gasteiger partial charge in [0.1, 0.15) is 17.7 Å². The van der Waals surface area contributed by atoms with Gasteiger partial charge in [-0.3, -0.25) is 0 Å². The van der Waals surface area contributed by atoms with Crippen LogP contribution in [0.2, 0.25) is 0 Å². The summed E-state index contributed by atoms with van der Waals surface area (Å²) in [7, 11) is 0. The van der Waals surface area contributed by atoms with Crippen LogP contribution in [-0.2, 0) is 11.3 Å². The minimum absolute atomic E-state index is 0.488. The van der Waals surface area contributed by atoms with E-state index in [2.05, 4.69) is 5.16 Å². The zero-order valence-electron chi connectivity index (χ0n) is 13.5. The summed E-state index contributed by atoms with van der Waals surface area (Å²) in [5.41, 5.74) is 0.814. The van der Waals surface area contributed by atoms with Crippen LogP contribution in [0.1, 0.15) is 39.8 Å². The maximum atomic E-state index is 5.53. The van der Waals surface area contributed by atoms with E-state index in [4.69, 9.17) is 14.0 Å². The molecule has 0 spiro atoms. The molecule has 1 aromatic heterocycles. The second-order valence-electron chi connectivity index (χ2n) is 3.56. The maximum Gasteiger partial charge on any atom is 0.124 e. The van der Waals surface area contributed by atoms with E-state index in [1.807, 2.05) is 58.0 Å². The molecule has 2 aromatic rings. The van der Waals surface area contributed by atoms with Crippen LogP contribution in [0.3, 0.4) is 0 Å². The van der Waals surface area contributed by atoms with Crippen molar-refractivity contribution in [2.24, 2.45) is 0 Å². The Bertz CT molecular complexity index is 401. The Balaban J connectivity index is 0.000000921. The molecule has 0 saturated heterocycles. The first-order valence-corrected chi connectivity index (χ1v) is 7.60. The number of hydrogen-bond acceptors (Lipinski definition) is 4. The van der Waals surface area contributed by atoms with Crippen LogP contribution < -0.4 is 4.74 Å². The average molecular weight is 293 g/mol. The van der Waals surface area contributed by atoms with E-state index in [0.29, 0.717) is 19.8 Å². The van der Waals surface area contributed by atoms with Crippen LogP contribution in [0.25, 0.3) is 0 Å². The summed E-state index contributed by atoms with van der Waals surface area (Å²) >= 11 is 0. The van der Waals surface area contributed by atoms with Crippen molar-refractivity contribution in [2.75, 3.05) is 13.2 Å². The minimum Gasteiger partial charge on any atom is -0.494 e. The number of ether oxygens (including phenoxy) is 2. The molecule has 1 heterocycles. The van der Waals surface area contributed by atoms with Gasteiger partial charge in [0.15, 0.2) is 0 Å². The SMILES string of the molecule is CC.CC.c1ccc(OCCCOCc2ccon2)cc1. The quantitative estimate of drug-likeness (QED) is 0.693. The Morgan fingerprint density at radius 3 is 2.29 bits per heavy atom. The zero-order chi connectivity index (χ0) is 15.8. The lowest BCUT2D eigenvalue weighted by Gasteiger charge is -2.05. The first kappa shape index (κ1) is 19.2. The van der Waals surface area contributed by atoms with Gasteiger partial charge in [0, 0.05) is 12.5 Å². The highest BCUT2D eigenvalue weighted by Crippen LogP contribution is 2.08. The fraction of sp³-hybridized carbons (Fsp3) is 0.471. The first-order valence-electron chi connectivity index (χ1n) is 7.60. The molecule has 21 heavy (non-hydrogen) atoms. The highest BCUT2D eigenvalue weighted by atomic mass is 16.5. The molecular weight excluding hydrogens is 266 g/mol. The molecule has 2 rings (SSSR count). The van der Waals surface area contributed by atoms with Crippen molar-refractivity contribution in [3.05, 3.63) is 48.4 Å². The predicted octanol–water partition coefficient (Wildman–Crippen LogP) is 4.71. The van der Waals surface area contributed by atoms with Crippen molar-refractivity contribution in [2.45, 2.75) is 40.7 Å². The van der Waals surface area contributed by atoms with Crippen molar-refractivity contribution in [3.63, 3.8) is 0 Å². The maximum absolute atomic E-state index is 5.53. The summed E-state index contributed by atoms with van der Waals surface area (Å²) < 4.78 is 15.6. The number of aromatic nitrogens is 1. The van der Waals surface area contributed by atoms with E-state index in [1.165, 1.54) is 6.26 Å². The molecule has 118 valence electrons. The molecule has 0 aliphatic carbocycles. The van der Waals surface area contributed by atoms with Crippen molar-refractivity contribution in [1.82, 2.24) is 5.16 Å². The average Bonchev–Trinajstić information content (AvgIpc) is 3.09. The van der Waals surface area contributed by atoms with E-state index < -0.39 is 0 Å². The second kappa shape index (κ2) is 14.6. The van der Waals surface area contributed by atoms with Crippen molar-refractivity contribution in [1.29, 1.82) is 0 Å². The van der Waals surface area contributed by atoms with Crippen LogP contribution in [0.15, 0.2) is 47.2 Å². The van der Waals surface area contributed by atoms with E-state index in [-0.39, 0.29) is 0 Å². The van der Waals surface area contributed by atoms with Crippen LogP contribution in [0.4, 0.5) is 0 Å². The molecule has 4 nitrogen and oxygen atoms in total. The summed E-state index contributed by atoms with van der Waals surface area (Å²) in [5, 5.41) is 3.75. The third kappa shape index (κ3) is 9.68. The molecule has 0 atom stereocenters. The summed E-state index contributed by atoms with van der Waals surface area (Å²) in [4.78, 5) is 0. The monoisotopic (exact) mass is 293 g/mol. The fourth-order valence-electron chi connectivity index (χ4n) is 1.36. The number of hydrogen-bond donors (Lipinski definition) is 0. The molecule has 0 aliphatic rings. The molecule has 4 heteroatoms. The van der Waals surface area contributed by atoms with Gasteiger partial charge in [-0.05, 0) is 12.1 Å². The minimum atomic E-state index is 0.488. The van der Waals surface area contributed by atoms with Gasteiger partial charge in [0.25, 0.3) is 0 Å². The Morgan fingerprint density at radius 2 is 1.67 bits per heavy atom. The number of nitrogens with zero attached hydrogens (tertiary/aromatic N) is 1. The second-order valence-corrected chi connectivity index (χ2v) is 3.56. The van der Waals surface area contributed by atoms with Gasteiger partial charge in [-0.2, -0.15) is 0 Å². The first-order chi connectivity index (χ1) is 10.4. The molecule has 0 bridgehead atoms. The normalized spacial score (nSPS) is 8.95. The van der Waals surface area contributed by atoms with Crippen molar-refractivity contribution in [3.8, 4) is 5.75 Å². The summed E-state index contributed by atoms with van der Waals surface area (Å²) in [5.74, 6) is 0.893. The van der Waals surface area contributed by atoms with Gasteiger partial charge in [-0.1, -0.05) is 51.1 Å². The van der Waals surface area contributed by atoms with Crippen LogP contribution in [-0.4, -0.2) is 18.4 Å². The topological polar surface area (TPSA) is 44.5 Å². The van der Waals surface area contributed by atoms with E-state index in [0.717, 1.165) is 17.9 Å². The zero-order valence-corrected chi connectivity index (χ0v) is 13.5. The molecule has 0 radical (unpaired) electrons. The van der Waals surface area contributed by atoms with Crippen LogP contribution in [0.5, 0.6) is 5.75 Å². The molecule has 0 N–H and O–H groups in total. The molecule has 0 unspecified atom stereocenters. The Morgan fingerprint density at radius 1 is 0.952 bits per heavy atom. The van der Waals surface area contributed by atoms with E-state index >= 15 is 0 Å². The lowest BCUT2D eigenvalue weighted by Crippen LogP contribution is -2.03. The third-order valence-corrected chi connectivity index (χ3v) is 2.19. The molecule has 0 aliphatic heterocycles. The Hall–Kier alpha value is -1.81. The van der Waals surface area contributed by atoms with E-state index in [1.54, 1.807) is 6.07 Å². The standard InChI is InChI=1S/C13H15NO3.2C2H6/c1-2-5-13(6-3-1)16-9-4-8-15-11-12-7-10-17-14-12;2*1-2/h1-3,5-7,10H,4,8-9,11H2;2*1-2H3. The number of benzene rings is 1. The van der Waals surface area contributed by atoms with Gasteiger partial charge >= 0.3 is 0 Å². The van der Waals surface area contributed by atoms with Gasteiger partial charge in [0.05, 0.1) is 19.8 Å². The lowest BCUT2D eigenvalue weighted by molar-refractivity contribution is 0.103. The summed E-state index contributed by atoms with van der Waals surface area (Å²) in [6.07, 6.45) is 2.39. The molecule has 0 fully saturated rings. The van der Waals surface area contributed by atoms with Gasteiger partial charge in [-0.25, -0.2) is 0 Å². The summed E-state index contributed by atoms with van der Waals surface area (Å²) in [6.45, 7) is 9.80. The fourth-order valence-corrected chi connectivity index (χ4v) is 1.36. The Labute approximate surface area is 128 Å². The van der Waals surface area contributed by atoms with Crippen LogP contribution >= 0.6 is 0 Å².